The molecule has 1 aromatic rings. The molecule has 0 radical (unpaired) electrons. The fourth-order valence-corrected chi connectivity index (χ4v) is 2.40. The second-order valence-electron chi connectivity index (χ2n) is 5.04. The summed E-state index contributed by atoms with van der Waals surface area (Å²) < 4.78 is 14.2. The molecule has 0 bridgehead atoms. The number of hydrogen-bond acceptors (Lipinski definition) is 3. The van der Waals surface area contributed by atoms with Gasteiger partial charge in [0.25, 0.3) is 0 Å². The molecule has 5 heteroatoms. The molecule has 0 aromatic heterocycles. The Morgan fingerprint density at radius 1 is 1.14 bits per heavy atom. The van der Waals surface area contributed by atoms with Gasteiger partial charge in [0.1, 0.15) is 11.7 Å². The van der Waals surface area contributed by atoms with E-state index < -0.39 is 0 Å². The molecule has 1 aromatic carbocycles. The minimum absolute atomic E-state index is 0.106. The standard InChI is InChI=1S/C16H27FN4/c1-4-20(5-2)10-7-11-21(6-3)15-9-8-13(16(18)19)12-14(15)17/h8-9,12H,4-7,10-11H2,1-3H3,(H3,18,19). The van der Waals surface area contributed by atoms with Gasteiger partial charge in [0, 0.05) is 18.7 Å². The Morgan fingerprint density at radius 2 is 1.81 bits per heavy atom. The van der Waals surface area contributed by atoms with Crippen LogP contribution in [0.1, 0.15) is 32.8 Å². The molecule has 21 heavy (non-hydrogen) atoms. The van der Waals surface area contributed by atoms with Crippen molar-refractivity contribution >= 4 is 11.5 Å². The van der Waals surface area contributed by atoms with Crippen LogP contribution in [0.2, 0.25) is 0 Å². The van der Waals surface area contributed by atoms with Crippen molar-refractivity contribution in [1.29, 1.82) is 5.41 Å². The topological polar surface area (TPSA) is 56.4 Å². The van der Waals surface area contributed by atoms with Gasteiger partial charge in [0.15, 0.2) is 0 Å². The molecular formula is C16H27FN4. The minimum atomic E-state index is -0.313. The largest absolute Gasteiger partial charge is 0.384 e. The number of anilines is 1. The van der Waals surface area contributed by atoms with Crippen molar-refractivity contribution in [3.63, 3.8) is 0 Å². The molecule has 1 rings (SSSR count). The summed E-state index contributed by atoms with van der Waals surface area (Å²) in [6.07, 6.45) is 1.00. The van der Waals surface area contributed by atoms with Crippen molar-refractivity contribution in [1.82, 2.24) is 4.90 Å². The zero-order valence-electron chi connectivity index (χ0n) is 13.3. The van der Waals surface area contributed by atoms with E-state index in [4.69, 9.17) is 11.1 Å². The van der Waals surface area contributed by atoms with Crippen molar-refractivity contribution in [3.05, 3.63) is 29.6 Å². The van der Waals surface area contributed by atoms with Crippen molar-refractivity contribution in [2.24, 2.45) is 5.73 Å². The zero-order valence-corrected chi connectivity index (χ0v) is 13.3. The predicted molar refractivity (Wildman–Crippen MR) is 87.7 cm³/mol. The Hall–Kier alpha value is -1.62. The fourth-order valence-electron chi connectivity index (χ4n) is 2.40. The minimum Gasteiger partial charge on any atom is -0.384 e. The summed E-state index contributed by atoms with van der Waals surface area (Å²) in [6.45, 7) is 11.0. The van der Waals surface area contributed by atoms with Gasteiger partial charge in [-0.2, -0.15) is 0 Å². The summed E-state index contributed by atoms with van der Waals surface area (Å²) in [7, 11) is 0. The van der Waals surface area contributed by atoms with Crippen LogP contribution >= 0.6 is 0 Å². The number of nitrogen functional groups attached to an aromatic ring is 1. The summed E-state index contributed by atoms with van der Waals surface area (Å²) in [5.74, 6) is -0.419. The average Bonchev–Trinajstić information content (AvgIpc) is 2.48. The van der Waals surface area contributed by atoms with Crippen LogP contribution in [0.3, 0.4) is 0 Å². The van der Waals surface area contributed by atoms with Crippen LogP contribution in [0.15, 0.2) is 18.2 Å². The lowest BCUT2D eigenvalue weighted by atomic mass is 10.1. The van der Waals surface area contributed by atoms with Gasteiger partial charge in [-0.1, -0.05) is 13.8 Å². The fraction of sp³-hybridized carbons (Fsp3) is 0.562. The van der Waals surface area contributed by atoms with Crippen molar-refractivity contribution in [2.45, 2.75) is 27.2 Å². The van der Waals surface area contributed by atoms with Crippen LogP contribution in [-0.4, -0.2) is 43.5 Å². The highest BCUT2D eigenvalue weighted by Crippen LogP contribution is 2.20. The number of nitrogens with two attached hydrogens (primary N) is 1. The summed E-state index contributed by atoms with van der Waals surface area (Å²) in [6, 6.07) is 4.76. The SMILES string of the molecule is CCN(CC)CCCN(CC)c1ccc(C(=N)N)cc1F. The van der Waals surface area contributed by atoms with Gasteiger partial charge < -0.3 is 15.5 Å². The first kappa shape index (κ1) is 17.4. The molecule has 0 amide bonds. The Kier molecular flexibility index (Phi) is 7.15. The first-order valence-corrected chi connectivity index (χ1v) is 7.64. The second kappa shape index (κ2) is 8.62. The zero-order chi connectivity index (χ0) is 15.8. The predicted octanol–water partition coefficient (Wildman–Crippen LogP) is 2.67. The number of hydrogen-bond donors (Lipinski definition) is 2. The molecule has 0 aliphatic heterocycles. The maximum atomic E-state index is 14.2. The third kappa shape index (κ3) is 5.01. The molecule has 0 aliphatic carbocycles. The Balaban J connectivity index is 2.69. The molecule has 0 spiro atoms. The summed E-state index contributed by atoms with van der Waals surface area (Å²) in [4.78, 5) is 4.39. The number of nitrogens with one attached hydrogen (secondary N) is 1. The van der Waals surface area contributed by atoms with E-state index in [1.807, 2.05) is 11.8 Å². The van der Waals surface area contributed by atoms with Gasteiger partial charge in [-0.15, -0.1) is 0 Å². The van der Waals surface area contributed by atoms with Crippen molar-refractivity contribution in [2.75, 3.05) is 37.6 Å². The molecule has 3 N–H and O–H groups in total. The maximum Gasteiger partial charge on any atom is 0.147 e. The van der Waals surface area contributed by atoms with E-state index in [1.54, 1.807) is 12.1 Å². The highest BCUT2D eigenvalue weighted by molar-refractivity contribution is 5.95. The van der Waals surface area contributed by atoms with Gasteiger partial charge >= 0.3 is 0 Å². The van der Waals surface area contributed by atoms with Gasteiger partial charge in [0.2, 0.25) is 0 Å². The van der Waals surface area contributed by atoms with Crippen LogP contribution in [0.25, 0.3) is 0 Å². The van der Waals surface area contributed by atoms with Crippen LogP contribution < -0.4 is 10.6 Å². The van der Waals surface area contributed by atoms with Crippen LogP contribution in [0, 0.1) is 11.2 Å². The normalized spacial score (nSPS) is 10.9. The van der Waals surface area contributed by atoms with E-state index in [0.717, 1.165) is 39.1 Å². The Morgan fingerprint density at radius 3 is 2.29 bits per heavy atom. The second-order valence-corrected chi connectivity index (χ2v) is 5.04. The average molecular weight is 294 g/mol. The van der Waals surface area contributed by atoms with Gasteiger partial charge in [-0.3, -0.25) is 5.41 Å². The van der Waals surface area contributed by atoms with Crippen molar-refractivity contribution < 1.29 is 4.39 Å². The number of amidine groups is 1. The third-order valence-electron chi connectivity index (χ3n) is 3.78. The van der Waals surface area contributed by atoms with Gasteiger partial charge in [-0.05, 0) is 51.2 Å². The molecule has 0 fully saturated rings. The molecule has 0 saturated heterocycles. The maximum absolute atomic E-state index is 14.2. The van der Waals surface area contributed by atoms with Crippen LogP contribution in [0.4, 0.5) is 10.1 Å². The number of rotatable bonds is 9. The molecule has 0 aliphatic rings. The van der Waals surface area contributed by atoms with E-state index in [1.165, 1.54) is 6.07 Å². The van der Waals surface area contributed by atoms with Crippen LogP contribution in [-0.2, 0) is 0 Å². The molecule has 0 saturated carbocycles. The number of benzene rings is 1. The summed E-state index contributed by atoms with van der Waals surface area (Å²) in [5, 5.41) is 7.35. The van der Waals surface area contributed by atoms with E-state index >= 15 is 0 Å². The number of halogens is 1. The lowest BCUT2D eigenvalue weighted by Crippen LogP contribution is -2.30. The molecule has 4 nitrogen and oxygen atoms in total. The monoisotopic (exact) mass is 294 g/mol. The smallest absolute Gasteiger partial charge is 0.147 e. The first-order valence-electron chi connectivity index (χ1n) is 7.64. The van der Waals surface area contributed by atoms with E-state index in [2.05, 4.69) is 18.7 Å². The lowest BCUT2D eigenvalue weighted by molar-refractivity contribution is 0.300. The quantitative estimate of drug-likeness (QED) is 0.544. The van der Waals surface area contributed by atoms with Crippen molar-refractivity contribution in [3.8, 4) is 0 Å². The highest BCUT2D eigenvalue weighted by Gasteiger charge is 2.12. The van der Waals surface area contributed by atoms with Gasteiger partial charge in [0.05, 0.1) is 5.69 Å². The highest BCUT2D eigenvalue weighted by atomic mass is 19.1. The molecule has 0 unspecified atom stereocenters. The first-order chi connectivity index (χ1) is 10.0. The summed E-state index contributed by atoms with van der Waals surface area (Å²) >= 11 is 0. The molecule has 0 heterocycles. The molecule has 118 valence electrons. The number of nitrogens with zero attached hydrogens (tertiary/aromatic N) is 2. The van der Waals surface area contributed by atoms with E-state index in [-0.39, 0.29) is 11.7 Å². The van der Waals surface area contributed by atoms with E-state index in [0.29, 0.717) is 11.3 Å². The Labute approximate surface area is 127 Å². The third-order valence-corrected chi connectivity index (χ3v) is 3.78. The summed E-state index contributed by atoms with van der Waals surface area (Å²) in [5.41, 5.74) is 6.39. The van der Waals surface area contributed by atoms with Crippen LogP contribution in [0.5, 0.6) is 0 Å². The van der Waals surface area contributed by atoms with Gasteiger partial charge in [-0.25, -0.2) is 4.39 Å². The lowest BCUT2D eigenvalue weighted by Gasteiger charge is -2.26. The Bertz CT molecular complexity index is 458. The van der Waals surface area contributed by atoms with E-state index in [9.17, 15) is 4.39 Å². The molecular weight excluding hydrogens is 267 g/mol. The molecule has 0 atom stereocenters.